The first-order chi connectivity index (χ1) is 9.49. The molecule has 0 bridgehead atoms. The van der Waals surface area contributed by atoms with Gasteiger partial charge in [0.2, 0.25) is 6.29 Å². The summed E-state index contributed by atoms with van der Waals surface area (Å²) in [4.78, 5) is 23.8. The van der Waals surface area contributed by atoms with Crippen molar-refractivity contribution in [2.45, 2.75) is 26.6 Å². The molecule has 1 aromatic carbocycles. The van der Waals surface area contributed by atoms with E-state index >= 15 is 0 Å². The van der Waals surface area contributed by atoms with Crippen LogP contribution in [0.2, 0.25) is 0 Å². The minimum absolute atomic E-state index is 0.125. The zero-order valence-corrected chi connectivity index (χ0v) is 12.9. The molecule has 0 saturated carbocycles. The van der Waals surface area contributed by atoms with Gasteiger partial charge in [-0.2, -0.15) is 0 Å². The van der Waals surface area contributed by atoms with E-state index in [0.717, 1.165) is 0 Å². The van der Waals surface area contributed by atoms with E-state index in [2.05, 4.69) is 15.9 Å². The molecule has 0 aliphatic rings. The fraction of sp³-hybridized carbons (Fsp3) is 0.429. The molecule has 0 amide bonds. The third-order valence-electron chi connectivity index (χ3n) is 2.46. The summed E-state index contributed by atoms with van der Waals surface area (Å²) in [6, 6.07) is 4.00. The molecule has 6 heteroatoms. The Morgan fingerprint density at radius 1 is 1.25 bits per heavy atom. The maximum atomic E-state index is 13.6. The molecule has 0 radical (unpaired) electrons. The number of benzene rings is 1. The molecule has 0 fully saturated rings. The highest BCUT2D eigenvalue weighted by molar-refractivity contribution is 9.10. The van der Waals surface area contributed by atoms with Gasteiger partial charge in [-0.15, -0.1) is 0 Å². The molecule has 0 aliphatic heterocycles. The van der Waals surface area contributed by atoms with E-state index in [4.69, 9.17) is 9.47 Å². The van der Waals surface area contributed by atoms with Crippen LogP contribution >= 0.6 is 15.9 Å². The summed E-state index contributed by atoms with van der Waals surface area (Å²) in [6.45, 7) is 4.01. The van der Waals surface area contributed by atoms with Crippen molar-refractivity contribution in [3.05, 3.63) is 34.1 Å². The van der Waals surface area contributed by atoms with Crippen molar-refractivity contribution < 1.29 is 23.5 Å². The van der Waals surface area contributed by atoms with Crippen LogP contribution in [0.1, 0.15) is 30.6 Å². The van der Waals surface area contributed by atoms with Crippen LogP contribution in [0.4, 0.5) is 4.39 Å². The third-order valence-corrected chi connectivity index (χ3v) is 2.96. The van der Waals surface area contributed by atoms with Gasteiger partial charge < -0.3 is 9.47 Å². The van der Waals surface area contributed by atoms with Crippen molar-refractivity contribution in [3.8, 4) is 0 Å². The van der Waals surface area contributed by atoms with E-state index in [1.807, 2.05) is 0 Å². The molecule has 0 unspecified atom stereocenters. The largest absolute Gasteiger partial charge is 0.346 e. The van der Waals surface area contributed by atoms with E-state index in [1.54, 1.807) is 13.8 Å². The summed E-state index contributed by atoms with van der Waals surface area (Å²) >= 11 is 3.16. The monoisotopic (exact) mass is 346 g/mol. The topological polar surface area (TPSA) is 52.6 Å². The van der Waals surface area contributed by atoms with Gasteiger partial charge in [-0.25, -0.2) is 4.39 Å². The van der Waals surface area contributed by atoms with Crippen LogP contribution < -0.4 is 0 Å². The summed E-state index contributed by atoms with van der Waals surface area (Å²) < 4.78 is 24.3. The Morgan fingerprint density at radius 2 is 1.85 bits per heavy atom. The second-order valence-corrected chi connectivity index (χ2v) is 4.85. The Balaban J connectivity index is 2.78. The fourth-order valence-electron chi connectivity index (χ4n) is 1.58. The van der Waals surface area contributed by atoms with Crippen LogP contribution in [0.15, 0.2) is 22.7 Å². The zero-order valence-electron chi connectivity index (χ0n) is 11.3. The SMILES string of the molecule is CCOC(OCC)C(=O)CC(=O)c1cc(Br)ccc1F. The Kier molecular flexibility index (Phi) is 6.98. The molecule has 110 valence electrons. The van der Waals surface area contributed by atoms with E-state index < -0.39 is 30.1 Å². The number of ketones is 2. The summed E-state index contributed by atoms with van der Waals surface area (Å²) in [5.41, 5.74) is -0.125. The lowest BCUT2D eigenvalue weighted by atomic mass is 10.1. The molecule has 0 spiro atoms. The van der Waals surface area contributed by atoms with Gasteiger partial charge in [-0.1, -0.05) is 15.9 Å². The molecule has 4 nitrogen and oxygen atoms in total. The number of halogens is 2. The van der Waals surface area contributed by atoms with Crippen molar-refractivity contribution in [3.63, 3.8) is 0 Å². The highest BCUT2D eigenvalue weighted by Gasteiger charge is 2.23. The van der Waals surface area contributed by atoms with Crippen molar-refractivity contribution >= 4 is 27.5 Å². The van der Waals surface area contributed by atoms with Gasteiger partial charge in [0.05, 0.1) is 12.0 Å². The lowest BCUT2D eigenvalue weighted by Gasteiger charge is -2.15. The van der Waals surface area contributed by atoms with Gasteiger partial charge in [0.25, 0.3) is 0 Å². The molecule has 0 N–H and O–H groups in total. The Bertz CT molecular complexity index is 484. The van der Waals surface area contributed by atoms with E-state index in [-0.39, 0.29) is 18.8 Å². The van der Waals surface area contributed by atoms with Gasteiger partial charge >= 0.3 is 0 Å². The molecule has 0 saturated heterocycles. The zero-order chi connectivity index (χ0) is 15.1. The highest BCUT2D eigenvalue weighted by atomic mass is 79.9. The lowest BCUT2D eigenvalue weighted by Crippen LogP contribution is -2.29. The van der Waals surface area contributed by atoms with Crippen molar-refractivity contribution in [1.29, 1.82) is 0 Å². The minimum Gasteiger partial charge on any atom is -0.346 e. The van der Waals surface area contributed by atoms with Crippen LogP contribution in [-0.4, -0.2) is 31.1 Å². The number of ether oxygens (including phenoxy) is 2. The summed E-state index contributed by atoms with van der Waals surface area (Å²) in [5, 5.41) is 0. The molecule has 0 aliphatic carbocycles. The number of rotatable bonds is 8. The third kappa shape index (κ3) is 4.77. The molecule has 20 heavy (non-hydrogen) atoms. The van der Waals surface area contributed by atoms with Gasteiger partial charge in [0, 0.05) is 17.7 Å². The van der Waals surface area contributed by atoms with Crippen LogP contribution in [0.3, 0.4) is 0 Å². The van der Waals surface area contributed by atoms with Crippen LogP contribution in [-0.2, 0) is 14.3 Å². The molecule has 0 heterocycles. The van der Waals surface area contributed by atoms with Gasteiger partial charge in [-0.05, 0) is 32.0 Å². The number of carbonyl (C=O) groups excluding carboxylic acids is 2. The van der Waals surface area contributed by atoms with Gasteiger partial charge in [0.15, 0.2) is 11.6 Å². The molecular formula is C14H16BrFO4. The first-order valence-corrected chi connectivity index (χ1v) is 7.03. The highest BCUT2D eigenvalue weighted by Crippen LogP contribution is 2.17. The average molecular weight is 347 g/mol. The molecule has 0 atom stereocenters. The maximum absolute atomic E-state index is 13.6. The van der Waals surface area contributed by atoms with Crippen molar-refractivity contribution in [2.75, 3.05) is 13.2 Å². The minimum atomic E-state index is -1.08. The Morgan fingerprint density at radius 3 is 2.40 bits per heavy atom. The predicted octanol–water partition coefficient (Wildman–Crippen LogP) is 3.13. The molecule has 1 aromatic rings. The van der Waals surface area contributed by atoms with E-state index in [0.29, 0.717) is 4.47 Å². The Labute approximate surface area is 125 Å². The van der Waals surface area contributed by atoms with Gasteiger partial charge in [-0.3, -0.25) is 9.59 Å². The summed E-state index contributed by atoms with van der Waals surface area (Å²) in [7, 11) is 0. The molecule has 0 aromatic heterocycles. The average Bonchev–Trinajstić information content (AvgIpc) is 2.41. The quantitative estimate of drug-likeness (QED) is 0.412. The number of hydrogen-bond acceptors (Lipinski definition) is 4. The smallest absolute Gasteiger partial charge is 0.218 e. The number of carbonyl (C=O) groups is 2. The molecule has 1 rings (SSSR count). The second-order valence-electron chi connectivity index (χ2n) is 3.93. The molecular weight excluding hydrogens is 331 g/mol. The summed E-state index contributed by atoms with van der Waals surface area (Å²) in [5.74, 6) is -1.77. The standard InChI is InChI=1S/C14H16BrFO4/c1-3-19-14(20-4-2)13(18)8-12(17)10-7-9(15)5-6-11(10)16/h5-7,14H,3-4,8H2,1-2H3. The van der Waals surface area contributed by atoms with Crippen molar-refractivity contribution in [2.24, 2.45) is 0 Å². The van der Waals surface area contributed by atoms with Crippen LogP contribution in [0.5, 0.6) is 0 Å². The summed E-state index contributed by atoms with van der Waals surface area (Å²) in [6.07, 6.45) is -1.54. The van der Waals surface area contributed by atoms with Crippen LogP contribution in [0, 0.1) is 5.82 Å². The van der Waals surface area contributed by atoms with Gasteiger partial charge in [0.1, 0.15) is 5.82 Å². The van der Waals surface area contributed by atoms with E-state index in [9.17, 15) is 14.0 Å². The van der Waals surface area contributed by atoms with Crippen LogP contribution in [0.25, 0.3) is 0 Å². The fourth-order valence-corrected chi connectivity index (χ4v) is 1.95. The second kappa shape index (κ2) is 8.24. The normalized spacial score (nSPS) is 10.8. The first-order valence-electron chi connectivity index (χ1n) is 6.23. The number of hydrogen-bond donors (Lipinski definition) is 0. The Hall–Kier alpha value is -1.11. The lowest BCUT2D eigenvalue weighted by molar-refractivity contribution is -0.166. The predicted molar refractivity (Wildman–Crippen MR) is 75.1 cm³/mol. The first kappa shape index (κ1) is 16.9. The van der Waals surface area contributed by atoms with E-state index in [1.165, 1.54) is 18.2 Å². The number of Topliss-reactive ketones (excluding diaryl/α,β-unsaturated/α-hetero) is 2. The maximum Gasteiger partial charge on any atom is 0.218 e. The van der Waals surface area contributed by atoms with Crippen molar-refractivity contribution in [1.82, 2.24) is 0 Å².